The zero-order valence-electron chi connectivity index (χ0n) is 9.42. The number of hydrogen-bond acceptors (Lipinski definition) is 1. The lowest BCUT2D eigenvalue weighted by atomic mass is 9.73. The first-order valence-electron chi connectivity index (χ1n) is 6.04. The lowest BCUT2D eigenvalue weighted by Gasteiger charge is -2.34. The molecule has 1 heteroatoms. The van der Waals surface area contributed by atoms with E-state index < -0.39 is 0 Å². The van der Waals surface area contributed by atoms with Crippen LogP contribution in [0.4, 0.5) is 0 Å². The summed E-state index contributed by atoms with van der Waals surface area (Å²) in [4.78, 5) is 0. The van der Waals surface area contributed by atoms with E-state index in [2.05, 4.69) is 13.8 Å². The molecule has 0 aromatic rings. The van der Waals surface area contributed by atoms with Crippen LogP contribution in [0.5, 0.6) is 0 Å². The number of allylic oxidation sites excluding steroid dienone is 1. The SMILES string of the molecule is CC(C)C1CCC2=C(CCC(O)C2)C1. The van der Waals surface area contributed by atoms with Crippen LogP contribution >= 0.6 is 0 Å². The largest absolute Gasteiger partial charge is 0.393 e. The molecular weight excluding hydrogens is 172 g/mol. The second kappa shape index (κ2) is 4.06. The van der Waals surface area contributed by atoms with E-state index >= 15 is 0 Å². The van der Waals surface area contributed by atoms with E-state index in [0.717, 1.165) is 24.7 Å². The zero-order valence-corrected chi connectivity index (χ0v) is 9.42. The Morgan fingerprint density at radius 1 is 1.07 bits per heavy atom. The van der Waals surface area contributed by atoms with Gasteiger partial charge in [-0.25, -0.2) is 0 Å². The molecule has 0 aromatic carbocycles. The Balaban J connectivity index is 2.05. The summed E-state index contributed by atoms with van der Waals surface area (Å²) >= 11 is 0. The Morgan fingerprint density at radius 2 is 1.71 bits per heavy atom. The van der Waals surface area contributed by atoms with Gasteiger partial charge in [0, 0.05) is 0 Å². The third-order valence-corrected chi connectivity index (χ3v) is 4.03. The van der Waals surface area contributed by atoms with Crippen LogP contribution in [0.25, 0.3) is 0 Å². The maximum absolute atomic E-state index is 9.59. The first kappa shape index (κ1) is 10.2. The van der Waals surface area contributed by atoms with Gasteiger partial charge in [-0.15, -0.1) is 0 Å². The molecule has 2 unspecified atom stereocenters. The Hall–Kier alpha value is -0.300. The van der Waals surface area contributed by atoms with Gasteiger partial charge in [-0.3, -0.25) is 0 Å². The predicted molar refractivity (Wildman–Crippen MR) is 59.1 cm³/mol. The van der Waals surface area contributed by atoms with Gasteiger partial charge in [-0.05, 0) is 50.4 Å². The molecule has 2 aliphatic carbocycles. The van der Waals surface area contributed by atoms with Crippen molar-refractivity contribution < 1.29 is 5.11 Å². The highest BCUT2D eigenvalue weighted by Gasteiger charge is 2.27. The Kier molecular flexibility index (Phi) is 2.96. The molecule has 0 spiro atoms. The normalized spacial score (nSPS) is 33.4. The van der Waals surface area contributed by atoms with E-state index in [1.807, 2.05) is 0 Å². The van der Waals surface area contributed by atoms with Crippen molar-refractivity contribution in [1.29, 1.82) is 0 Å². The quantitative estimate of drug-likeness (QED) is 0.635. The van der Waals surface area contributed by atoms with E-state index in [9.17, 15) is 5.11 Å². The minimum absolute atomic E-state index is 0.0376. The van der Waals surface area contributed by atoms with Crippen molar-refractivity contribution in [2.24, 2.45) is 11.8 Å². The van der Waals surface area contributed by atoms with Gasteiger partial charge in [0.05, 0.1) is 6.10 Å². The van der Waals surface area contributed by atoms with Gasteiger partial charge in [0.25, 0.3) is 0 Å². The molecule has 2 rings (SSSR count). The molecule has 0 amide bonds. The van der Waals surface area contributed by atoms with Crippen LogP contribution in [0.2, 0.25) is 0 Å². The second-order valence-electron chi connectivity index (χ2n) is 5.35. The molecule has 2 atom stereocenters. The van der Waals surface area contributed by atoms with Gasteiger partial charge >= 0.3 is 0 Å². The summed E-state index contributed by atoms with van der Waals surface area (Å²) in [6.45, 7) is 4.68. The molecule has 0 radical (unpaired) electrons. The summed E-state index contributed by atoms with van der Waals surface area (Å²) in [6, 6.07) is 0. The van der Waals surface area contributed by atoms with Crippen LogP contribution in [0.15, 0.2) is 11.1 Å². The first-order chi connectivity index (χ1) is 6.66. The molecule has 0 fully saturated rings. The van der Waals surface area contributed by atoms with Crippen molar-refractivity contribution in [2.75, 3.05) is 0 Å². The van der Waals surface area contributed by atoms with Crippen molar-refractivity contribution in [3.8, 4) is 0 Å². The summed E-state index contributed by atoms with van der Waals surface area (Å²) in [5, 5.41) is 9.59. The Bertz CT molecular complexity index is 240. The smallest absolute Gasteiger partial charge is 0.0580 e. The van der Waals surface area contributed by atoms with Gasteiger partial charge in [0.1, 0.15) is 0 Å². The molecule has 1 N–H and O–H groups in total. The number of aliphatic hydroxyl groups excluding tert-OH is 1. The Morgan fingerprint density at radius 3 is 2.43 bits per heavy atom. The third-order valence-electron chi connectivity index (χ3n) is 4.03. The van der Waals surface area contributed by atoms with Crippen LogP contribution in [0.1, 0.15) is 52.4 Å². The fourth-order valence-electron chi connectivity index (χ4n) is 2.92. The molecule has 1 nitrogen and oxygen atoms in total. The van der Waals surface area contributed by atoms with Crippen LogP contribution in [-0.2, 0) is 0 Å². The molecule has 0 saturated carbocycles. The topological polar surface area (TPSA) is 20.2 Å². The number of hydrogen-bond donors (Lipinski definition) is 1. The monoisotopic (exact) mass is 194 g/mol. The summed E-state index contributed by atoms with van der Waals surface area (Å²) in [7, 11) is 0. The molecule has 80 valence electrons. The highest BCUT2D eigenvalue weighted by Crippen LogP contribution is 2.40. The summed E-state index contributed by atoms with van der Waals surface area (Å²) in [5.41, 5.74) is 3.29. The Labute approximate surface area is 87.2 Å². The fraction of sp³-hybridized carbons (Fsp3) is 0.846. The van der Waals surface area contributed by atoms with E-state index in [0.29, 0.717) is 0 Å². The summed E-state index contributed by atoms with van der Waals surface area (Å²) < 4.78 is 0. The third kappa shape index (κ3) is 2.03. The van der Waals surface area contributed by atoms with E-state index in [-0.39, 0.29) is 6.10 Å². The van der Waals surface area contributed by atoms with Crippen LogP contribution in [0.3, 0.4) is 0 Å². The average molecular weight is 194 g/mol. The number of rotatable bonds is 1. The van der Waals surface area contributed by atoms with Crippen LogP contribution in [0, 0.1) is 11.8 Å². The minimum Gasteiger partial charge on any atom is -0.393 e. The van der Waals surface area contributed by atoms with Gasteiger partial charge in [-0.1, -0.05) is 25.0 Å². The van der Waals surface area contributed by atoms with E-state index in [1.165, 1.54) is 25.7 Å². The van der Waals surface area contributed by atoms with Crippen molar-refractivity contribution in [2.45, 2.75) is 58.5 Å². The lowest BCUT2D eigenvalue weighted by molar-refractivity contribution is 0.151. The number of aliphatic hydroxyl groups is 1. The van der Waals surface area contributed by atoms with E-state index in [1.54, 1.807) is 11.1 Å². The lowest BCUT2D eigenvalue weighted by Crippen LogP contribution is -2.22. The van der Waals surface area contributed by atoms with E-state index in [4.69, 9.17) is 0 Å². The van der Waals surface area contributed by atoms with Crippen molar-refractivity contribution in [3.05, 3.63) is 11.1 Å². The first-order valence-corrected chi connectivity index (χ1v) is 6.04. The highest BCUT2D eigenvalue weighted by molar-refractivity contribution is 5.21. The maximum atomic E-state index is 9.59. The van der Waals surface area contributed by atoms with Gasteiger partial charge in [0.15, 0.2) is 0 Å². The van der Waals surface area contributed by atoms with Crippen molar-refractivity contribution in [3.63, 3.8) is 0 Å². The van der Waals surface area contributed by atoms with Crippen LogP contribution < -0.4 is 0 Å². The summed E-state index contributed by atoms with van der Waals surface area (Å²) in [5.74, 6) is 1.74. The molecule has 14 heavy (non-hydrogen) atoms. The van der Waals surface area contributed by atoms with Gasteiger partial charge in [-0.2, -0.15) is 0 Å². The molecule has 0 heterocycles. The molecule has 0 bridgehead atoms. The van der Waals surface area contributed by atoms with Crippen LogP contribution in [-0.4, -0.2) is 11.2 Å². The van der Waals surface area contributed by atoms with Gasteiger partial charge in [0.2, 0.25) is 0 Å². The molecular formula is C13H22O. The standard InChI is InChI=1S/C13H22O/c1-9(2)10-3-4-12-8-13(14)6-5-11(12)7-10/h9-10,13-14H,3-8H2,1-2H3. The van der Waals surface area contributed by atoms with Crippen molar-refractivity contribution in [1.82, 2.24) is 0 Å². The van der Waals surface area contributed by atoms with Gasteiger partial charge < -0.3 is 5.11 Å². The summed E-state index contributed by atoms with van der Waals surface area (Å²) in [6.07, 6.45) is 7.03. The predicted octanol–water partition coefficient (Wildman–Crippen LogP) is 3.28. The fourth-order valence-corrected chi connectivity index (χ4v) is 2.92. The zero-order chi connectivity index (χ0) is 10.1. The molecule has 0 aliphatic heterocycles. The van der Waals surface area contributed by atoms with Crippen molar-refractivity contribution >= 4 is 0 Å². The highest BCUT2D eigenvalue weighted by atomic mass is 16.3. The molecule has 0 saturated heterocycles. The average Bonchev–Trinajstić information content (AvgIpc) is 2.16. The molecule has 2 aliphatic rings. The molecule has 0 aromatic heterocycles. The maximum Gasteiger partial charge on any atom is 0.0580 e. The second-order valence-corrected chi connectivity index (χ2v) is 5.35. The minimum atomic E-state index is -0.0376.